The van der Waals surface area contributed by atoms with Crippen LogP contribution in [0.3, 0.4) is 0 Å². The summed E-state index contributed by atoms with van der Waals surface area (Å²) in [6, 6.07) is 15.8. The Hall–Kier alpha value is -4.04. The number of aryl methyl sites for hydroxylation is 1. The van der Waals surface area contributed by atoms with Crippen molar-refractivity contribution < 1.29 is 13.7 Å². The van der Waals surface area contributed by atoms with E-state index in [2.05, 4.69) is 20.4 Å². The van der Waals surface area contributed by atoms with Gasteiger partial charge in [0.15, 0.2) is 0 Å². The summed E-state index contributed by atoms with van der Waals surface area (Å²) >= 11 is 6.15. The fourth-order valence-electron chi connectivity index (χ4n) is 3.61. The smallest absolute Gasteiger partial charge is 0.257 e. The van der Waals surface area contributed by atoms with Crippen molar-refractivity contribution in [1.29, 1.82) is 0 Å². The monoisotopic (exact) mass is 461 g/mol. The summed E-state index contributed by atoms with van der Waals surface area (Å²) in [6.45, 7) is 1.80. The lowest BCUT2D eigenvalue weighted by molar-refractivity contribution is 0.0950. The maximum absolute atomic E-state index is 14.4. The number of amides is 1. The van der Waals surface area contributed by atoms with E-state index >= 15 is 0 Å². The SMILES string of the molecule is Cc1onc(-c2c(F)cccc2Cl)c1C(=O)NCc1ccc(-n2cnc3ccccc32)nc1. The van der Waals surface area contributed by atoms with Crippen LogP contribution >= 0.6 is 11.6 Å². The van der Waals surface area contributed by atoms with Crippen molar-refractivity contribution in [3.63, 3.8) is 0 Å². The molecule has 0 aliphatic carbocycles. The quantitative estimate of drug-likeness (QED) is 0.393. The molecule has 3 aromatic heterocycles. The highest BCUT2D eigenvalue weighted by Gasteiger charge is 2.25. The van der Waals surface area contributed by atoms with E-state index in [9.17, 15) is 9.18 Å². The number of nitrogens with zero attached hydrogens (tertiary/aromatic N) is 4. The van der Waals surface area contributed by atoms with Crippen LogP contribution < -0.4 is 5.32 Å². The van der Waals surface area contributed by atoms with Gasteiger partial charge in [0, 0.05) is 12.7 Å². The molecule has 1 N–H and O–H groups in total. The van der Waals surface area contributed by atoms with Gasteiger partial charge >= 0.3 is 0 Å². The molecule has 164 valence electrons. The van der Waals surface area contributed by atoms with Crippen LogP contribution in [-0.4, -0.2) is 25.6 Å². The number of carbonyl (C=O) groups excluding carboxylic acids is 1. The molecule has 5 aromatic rings. The first-order valence-corrected chi connectivity index (χ1v) is 10.5. The summed E-state index contributed by atoms with van der Waals surface area (Å²) in [7, 11) is 0. The third kappa shape index (κ3) is 3.85. The molecular weight excluding hydrogens is 445 g/mol. The molecule has 3 heterocycles. The van der Waals surface area contributed by atoms with E-state index in [4.69, 9.17) is 16.1 Å². The summed E-state index contributed by atoms with van der Waals surface area (Å²) in [5.74, 6) is -0.0585. The van der Waals surface area contributed by atoms with E-state index in [1.54, 1.807) is 19.4 Å². The number of aromatic nitrogens is 4. The van der Waals surface area contributed by atoms with Gasteiger partial charge in [0.05, 0.1) is 21.6 Å². The number of halogens is 2. The molecule has 1 amide bonds. The van der Waals surface area contributed by atoms with E-state index in [1.807, 2.05) is 41.0 Å². The average molecular weight is 462 g/mol. The number of rotatable bonds is 5. The Bertz CT molecular complexity index is 1460. The van der Waals surface area contributed by atoms with Crippen molar-refractivity contribution in [2.24, 2.45) is 0 Å². The van der Waals surface area contributed by atoms with E-state index in [-0.39, 0.29) is 34.1 Å². The zero-order valence-corrected chi connectivity index (χ0v) is 18.2. The number of nitrogens with one attached hydrogen (secondary N) is 1. The highest BCUT2D eigenvalue weighted by molar-refractivity contribution is 6.33. The second-order valence-electron chi connectivity index (χ2n) is 7.37. The summed E-state index contributed by atoms with van der Waals surface area (Å²) in [6.07, 6.45) is 3.40. The number of hydrogen-bond donors (Lipinski definition) is 1. The van der Waals surface area contributed by atoms with E-state index in [0.717, 1.165) is 16.6 Å². The fourth-order valence-corrected chi connectivity index (χ4v) is 3.86. The third-order valence-electron chi connectivity index (χ3n) is 5.25. The Balaban J connectivity index is 1.35. The molecule has 0 aliphatic heterocycles. The molecule has 0 unspecified atom stereocenters. The summed E-state index contributed by atoms with van der Waals surface area (Å²) in [4.78, 5) is 21.8. The van der Waals surface area contributed by atoms with Crippen LogP contribution in [0.2, 0.25) is 5.02 Å². The standard InChI is InChI=1S/C24H17ClFN5O2/c1-14-21(23(30-33-14)22-16(25)5-4-6-17(22)26)24(32)28-12-15-9-10-20(27-11-15)31-13-29-18-7-2-3-8-19(18)31/h2-11,13H,12H2,1H3,(H,28,32). The van der Waals surface area contributed by atoms with Gasteiger partial charge in [0.1, 0.15) is 35.0 Å². The van der Waals surface area contributed by atoms with Crippen LogP contribution in [0.5, 0.6) is 0 Å². The second kappa shape index (κ2) is 8.48. The largest absolute Gasteiger partial charge is 0.360 e. The molecule has 0 saturated heterocycles. The Labute approximate surface area is 192 Å². The van der Waals surface area contributed by atoms with Gasteiger partial charge in [-0.2, -0.15) is 0 Å². The van der Waals surface area contributed by atoms with Crippen molar-refractivity contribution in [3.8, 4) is 17.1 Å². The average Bonchev–Trinajstić information content (AvgIpc) is 3.42. The van der Waals surface area contributed by atoms with Gasteiger partial charge in [0.2, 0.25) is 0 Å². The molecule has 0 aliphatic rings. The lowest BCUT2D eigenvalue weighted by atomic mass is 10.0. The molecule has 0 atom stereocenters. The minimum absolute atomic E-state index is 0.0275. The second-order valence-corrected chi connectivity index (χ2v) is 7.78. The lowest BCUT2D eigenvalue weighted by Crippen LogP contribution is -2.24. The zero-order valence-electron chi connectivity index (χ0n) is 17.4. The van der Waals surface area contributed by atoms with Crippen molar-refractivity contribution in [3.05, 3.63) is 94.8 Å². The molecule has 33 heavy (non-hydrogen) atoms. The van der Waals surface area contributed by atoms with Gasteiger partial charge in [-0.15, -0.1) is 0 Å². The molecule has 9 heteroatoms. The minimum atomic E-state index is -0.586. The van der Waals surface area contributed by atoms with Gasteiger partial charge < -0.3 is 9.84 Å². The first kappa shape index (κ1) is 20.8. The summed E-state index contributed by atoms with van der Waals surface area (Å²) in [5.41, 5.74) is 2.85. The first-order valence-electron chi connectivity index (χ1n) is 10.1. The number of para-hydroxylation sites is 2. The van der Waals surface area contributed by atoms with Crippen molar-refractivity contribution in [2.75, 3.05) is 0 Å². The number of pyridine rings is 1. The molecule has 0 spiro atoms. The van der Waals surface area contributed by atoms with Crippen LogP contribution in [0.15, 0.2) is 71.6 Å². The summed E-state index contributed by atoms with van der Waals surface area (Å²) < 4.78 is 21.4. The van der Waals surface area contributed by atoms with Gasteiger partial charge in [0.25, 0.3) is 5.91 Å². The molecular formula is C24H17ClFN5O2. The van der Waals surface area contributed by atoms with Crippen molar-refractivity contribution >= 4 is 28.5 Å². The number of imidazole rings is 1. The van der Waals surface area contributed by atoms with E-state index in [1.165, 1.54) is 18.2 Å². The highest BCUT2D eigenvalue weighted by Crippen LogP contribution is 2.33. The Morgan fingerprint density at radius 3 is 2.76 bits per heavy atom. The normalized spacial score (nSPS) is 11.1. The minimum Gasteiger partial charge on any atom is -0.360 e. The topological polar surface area (TPSA) is 85.8 Å². The van der Waals surface area contributed by atoms with Gasteiger partial charge in [-0.1, -0.05) is 41.0 Å². The predicted octanol–water partition coefficient (Wildman–Crippen LogP) is 5.11. The maximum Gasteiger partial charge on any atom is 0.257 e. The highest BCUT2D eigenvalue weighted by atomic mass is 35.5. The van der Waals surface area contributed by atoms with Crippen LogP contribution in [0.1, 0.15) is 21.7 Å². The van der Waals surface area contributed by atoms with Crippen LogP contribution in [0, 0.1) is 12.7 Å². The number of carbonyl (C=O) groups is 1. The van der Waals surface area contributed by atoms with Gasteiger partial charge in [-0.05, 0) is 42.8 Å². The molecule has 2 aromatic carbocycles. The molecule has 0 saturated carbocycles. The molecule has 0 bridgehead atoms. The molecule has 0 radical (unpaired) electrons. The van der Waals surface area contributed by atoms with Crippen molar-refractivity contribution in [1.82, 2.24) is 25.0 Å². The fraction of sp³-hybridized carbons (Fsp3) is 0.0833. The van der Waals surface area contributed by atoms with Gasteiger partial charge in [-0.25, -0.2) is 14.4 Å². The molecule has 5 rings (SSSR count). The lowest BCUT2D eigenvalue weighted by Gasteiger charge is -2.08. The first-order chi connectivity index (χ1) is 16.0. The zero-order chi connectivity index (χ0) is 22.9. The van der Waals surface area contributed by atoms with Crippen molar-refractivity contribution in [2.45, 2.75) is 13.5 Å². The maximum atomic E-state index is 14.4. The van der Waals surface area contributed by atoms with Crippen LogP contribution in [0.25, 0.3) is 28.1 Å². The number of hydrogen-bond acceptors (Lipinski definition) is 5. The van der Waals surface area contributed by atoms with Gasteiger partial charge in [-0.3, -0.25) is 9.36 Å². The molecule has 7 nitrogen and oxygen atoms in total. The summed E-state index contributed by atoms with van der Waals surface area (Å²) in [5, 5.41) is 6.82. The number of benzene rings is 2. The number of fused-ring (bicyclic) bond motifs is 1. The predicted molar refractivity (Wildman–Crippen MR) is 122 cm³/mol. The van der Waals surface area contributed by atoms with Crippen LogP contribution in [0.4, 0.5) is 4.39 Å². The Morgan fingerprint density at radius 2 is 1.97 bits per heavy atom. The van der Waals surface area contributed by atoms with Crippen LogP contribution in [-0.2, 0) is 6.54 Å². The Kier molecular flexibility index (Phi) is 5.35. The van der Waals surface area contributed by atoms with E-state index in [0.29, 0.717) is 5.82 Å². The third-order valence-corrected chi connectivity index (χ3v) is 5.57. The van der Waals surface area contributed by atoms with E-state index < -0.39 is 11.7 Å². The molecule has 0 fully saturated rings. The Morgan fingerprint density at radius 1 is 1.12 bits per heavy atom.